The molecular formula is C14H19N5O. The van der Waals surface area contributed by atoms with Crippen LogP contribution in [0.4, 0.5) is 11.8 Å². The van der Waals surface area contributed by atoms with Gasteiger partial charge in [-0.1, -0.05) is 30.3 Å². The molecule has 0 saturated heterocycles. The van der Waals surface area contributed by atoms with E-state index in [-0.39, 0.29) is 12.6 Å². The fourth-order valence-corrected chi connectivity index (χ4v) is 1.91. The Balaban J connectivity index is 2.10. The number of anilines is 2. The Bertz CT molecular complexity index is 547. The van der Waals surface area contributed by atoms with Crippen molar-refractivity contribution >= 4 is 11.8 Å². The molecule has 106 valence electrons. The van der Waals surface area contributed by atoms with Crippen molar-refractivity contribution in [2.45, 2.75) is 19.4 Å². The number of aromatic nitrogens is 2. The van der Waals surface area contributed by atoms with Crippen LogP contribution in [-0.2, 0) is 6.42 Å². The third-order valence-corrected chi connectivity index (χ3v) is 2.99. The summed E-state index contributed by atoms with van der Waals surface area (Å²) >= 11 is 0. The lowest BCUT2D eigenvalue weighted by Gasteiger charge is -2.18. The molecular weight excluding hydrogens is 254 g/mol. The minimum absolute atomic E-state index is 0.0176. The molecule has 0 bridgehead atoms. The van der Waals surface area contributed by atoms with Gasteiger partial charge in [-0.2, -0.15) is 4.98 Å². The summed E-state index contributed by atoms with van der Waals surface area (Å²) in [4.78, 5) is 8.28. The van der Waals surface area contributed by atoms with E-state index < -0.39 is 0 Å². The monoisotopic (exact) mass is 273 g/mol. The van der Waals surface area contributed by atoms with Crippen molar-refractivity contribution in [3.8, 4) is 0 Å². The van der Waals surface area contributed by atoms with Crippen molar-refractivity contribution in [1.82, 2.24) is 9.97 Å². The summed E-state index contributed by atoms with van der Waals surface area (Å²) in [6.45, 7) is 1.92. The van der Waals surface area contributed by atoms with Gasteiger partial charge < -0.3 is 10.4 Å². The molecule has 20 heavy (non-hydrogen) atoms. The average molecular weight is 273 g/mol. The second kappa shape index (κ2) is 6.83. The highest BCUT2D eigenvalue weighted by molar-refractivity contribution is 5.47. The van der Waals surface area contributed by atoms with Crippen molar-refractivity contribution < 1.29 is 5.11 Å². The zero-order valence-electron chi connectivity index (χ0n) is 11.4. The molecule has 0 amide bonds. The molecule has 6 nitrogen and oxygen atoms in total. The first-order valence-electron chi connectivity index (χ1n) is 6.44. The van der Waals surface area contributed by atoms with Crippen LogP contribution in [0.3, 0.4) is 0 Å². The number of aliphatic hydroxyl groups excluding tert-OH is 1. The molecule has 0 spiro atoms. The second-order valence-electron chi connectivity index (χ2n) is 4.58. The van der Waals surface area contributed by atoms with Gasteiger partial charge in [-0.25, -0.2) is 10.8 Å². The lowest BCUT2D eigenvalue weighted by atomic mass is 10.1. The molecule has 0 saturated carbocycles. The first-order chi connectivity index (χ1) is 9.72. The third kappa shape index (κ3) is 3.66. The highest BCUT2D eigenvalue weighted by atomic mass is 16.3. The minimum Gasteiger partial charge on any atom is -0.394 e. The standard InChI is InChI=1S/C14H19N5O/c1-10-8-16-14(19-15)18-13(10)17-12(9-20)7-11-5-3-2-4-6-11/h2-6,8,12,20H,7,9,15H2,1H3,(H2,16,17,18,19). The Labute approximate surface area is 118 Å². The number of aliphatic hydroxyl groups is 1. The normalized spacial score (nSPS) is 11.9. The van der Waals surface area contributed by atoms with E-state index >= 15 is 0 Å². The van der Waals surface area contributed by atoms with Crippen LogP contribution in [-0.4, -0.2) is 27.7 Å². The summed E-state index contributed by atoms with van der Waals surface area (Å²) in [5, 5.41) is 12.7. The predicted molar refractivity (Wildman–Crippen MR) is 79.2 cm³/mol. The van der Waals surface area contributed by atoms with E-state index in [4.69, 9.17) is 5.84 Å². The number of nitrogen functional groups attached to an aromatic ring is 1. The van der Waals surface area contributed by atoms with E-state index in [1.54, 1.807) is 6.20 Å². The molecule has 0 radical (unpaired) electrons. The number of rotatable bonds is 6. The fourth-order valence-electron chi connectivity index (χ4n) is 1.91. The molecule has 1 aromatic heterocycles. The van der Waals surface area contributed by atoms with Gasteiger partial charge in [-0.3, -0.25) is 5.43 Å². The number of benzene rings is 1. The molecule has 0 aliphatic carbocycles. The molecule has 1 atom stereocenters. The van der Waals surface area contributed by atoms with Gasteiger partial charge in [0.15, 0.2) is 0 Å². The number of hydrogen-bond donors (Lipinski definition) is 4. The van der Waals surface area contributed by atoms with Gasteiger partial charge in [-0.05, 0) is 18.9 Å². The maximum atomic E-state index is 9.52. The zero-order chi connectivity index (χ0) is 14.4. The molecule has 1 unspecified atom stereocenters. The fraction of sp³-hybridized carbons (Fsp3) is 0.286. The van der Waals surface area contributed by atoms with Crippen LogP contribution in [0.2, 0.25) is 0 Å². The molecule has 2 rings (SSSR count). The molecule has 5 N–H and O–H groups in total. The maximum Gasteiger partial charge on any atom is 0.239 e. The molecule has 1 heterocycles. The average Bonchev–Trinajstić information content (AvgIpc) is 2.49. The summed E-state index contributed by atoms with van der Waals surface area (Å²) in [6.07, 6.45) is 2.40. The highest BCUT2D eigenvalue weighted by Crippen LogP contribution is 2.15. The van der Waals surface area contributed by atoms with Gasteiger partial charge in [0, 0.05) is 11.8 Å². The van der Waals surface area contributed by atoms with Gasteiger partial charge in [0.05, 0.1) is 12.6 Å². The Morgan fingerprint density at radius 3 is 2.70 bits per heavy atom. The van der Waals surface area contributed by atoms with Crippen LogP contribution in [0, 0.1) is 6.92 Å². The van der Waals surface area contributed by atoms with Crippen LogP contribution < -0.4 is 16.6 Å². The van der Waals surface area contributed by atoms with Crippen LogP contribution in [0.1, 0.15) is 11.1 Å². The second-order valence-corrected chi connectivity index (χ2v) is 4.58. The first kappa shape index (κ1) is 14.2. The summed E-state index contributed by atoms with van der Waals surface area (Å²) in [5.41, 5.74) is 4.46. The lowest BCUT2D eigenvalue weighted by molar-refractivity contribution is 0.273. The molecule has 2 aromatic rings. The summed E-state index contributed by atoms with van der Waals surface area (Å²) in [6, 6.07) is 9.88. The minimum atomic E-state index is -0.114. The van der Waals surface area contributed by atoms with Crippen molar-refractivity contribution in [2.24, 2.45) is 5.84 Å². The lowest BCUT2D eigenvalue weighted by Crippen LogP contribution is -2.27. The quantitative estimate of drug-likeness (QED) is 0.465. The molecule has 0 aliphatic rings. The topological polar surface area (TPSA) is 96.1 Å². The molecule has 6 heteroatoms. The molecule has 0 aliphatic heterocycles. The Morgan fingerprint density at radius 1 is 1.30 bits per heavy atom. The van der Waals surface area contributed by atoms with Crippen molar-refractivity contribution in [1.29, 1.82) is 0 Å². The van der Waals surface area contributed by atoms with Gasteiger partial charge >= 0.3 is 0 Å². The highest BCUT2D eigenvalue weighted by Gasteiger charge is 2.11. The number of hydrazine groups is 1. The third-order valence-electron chi connectivity index (χ3n) is 2.99. The molecule has 0 fully saturated rings. The Hall–Kier alpha value is -2.18. The van der Waals surface area contributed by atoms with Crippen LogP contribution >= 0.6 is 0 Å². The van der Waals surface area contributed by atoms with E-state index in [1.807, 2.05) is 37.3 Å². The number of nitrogens with one attached hydrogen (secondary N) is 2. The number of hydrogen-bond acceptors (Lipinski definition) is 6. The summed E-state index contributed by atoms with van der Waals surface area (Å²) in [7, 11) is 0. The van der Waals surface area contributed by atoms with Gasteiger partial charge in [0.25, 0.3) is 0 Å². The van der Waals surface area contributed by atoms with E-state index in [0.29, 0.717) is 18.2 Å². The number of nitrogens with two attached hydrogens (primary N) is 1. The Kier molecular flexibility index (Phi) is 4.86. The number of nitrogens with zero attached hydrogens (tertiary/aromatic N) is 2. The van der Waals surface area contributed by atoms with E-state index in [2.05, 4.69) is 20.7 Å². The van der Waals surface area contributed by atoms with Gasteiger partial charge in [0.2, 0.25) is 5.95 Å². The van der Waals surface area contributed by atoms with Crippen molar-refractivity contribution in [2.75, 3.05) is 17.3 Å². The van der Waals surface area contributed by atoms with Crippen LogP contribution in [0.15, 0.2) is 36.5 Å². The van der Waals surface area contributed by atoms with Gasteiger partial charge in [0.1, 0.15) is 5.82 Å². The largest absolute Gasteiger partial charge is 0.394 e. The van der Waals surface area contributed by atoms with Crippen LogP contribution in [0.25, 0.3) is 0 Å². The van der Waals surface area contributed by atoms with Gasteiger partial charge in [-0.15, -0.1) is 0 Å². The van der Waals surface area contributed by atoms with Crippen LogP contribution in [0.5, 0.6) is 0 Å². The predicted octanol–water partition coefficient (Wildman–Crippen LogP) is 1.09. The van der Waals surface area contributed by atoms with E-state index in [9.17, 15) is 5.11 Å². The summed E-state index contributed by atoms with van der Waals surface area (Å²) in [5.74, 6) is 6.32. The smallest absolute Gasteiger partial charge is 0.239 e. The Morgan fingerprint density at radius 2 is 2.05 bits per heavy atom. The maximum absolute atomic E-state index is 9.52. The van der Waals surface area contributed by atoms with Crippen molar-refractivity contribution in [3.63, 3.8) is 0 Å². The zero-order valence-corrected chi connectivity index (χ0v) is 11.4. The SMILES string of the molecule is Cc1cnc(NN)nc1NC(CO)Cc1ccccc1. The van der Waals surface area contributed by atoms with E-state index in [1.165, 1.54) is 0 Å². The molecule has 1 aromatic carbocycles. The van der Waals surface area contributed by atoms with E-state index in [0.717, 1.165) is 11.1 Å². The first-order valence-corrected chi connectivity index (χ1v) is 6.44. The summed E-state index contributed by atoms with van der Waals surface area (Å²) < 4.78 is 0. The van der Waals surface area contributed by atoms with Crippen molar-refractivity contribution in [3.05, 3.63) is 47.7 Å². The number of aryl methyl sites for hydroxylation is 1.